The van der Waals surface area contributed by atoms with E-state index in [2.05, 4.69) is 0 Å². The van der Waals surface area contributed by atoms with Crippen molar-refractivity contribution in [2.45, 2.75) is 6.92 Å². The lowest BCUT2D eigenvalue weighted by Gasteiger charge is -2.06. The summed E-state index contributed by atoms with van der Waals surface area (Å²) >= 11 is 0. The molecule has 0 heterocycles. The molecule has 0 aromatic heterocycles. The zero-order chi connectivity index (χ0) is 10.6. The minimum absolute atomic E-state index is 0.0750. The summed E-state index contributed by atoms with van der Waals surface area (Å²) in [5.74, 6) is -1.45. The van der Waals surface area contributed by atoms with Crippen molar-refractivity contribution >= 4 is 5.71 Å². The molecule has 0 radical (unpaired) electrons. The van der Waals surface area contributed by atoms with E-state index in [1.54, 1.807) is 6.92 Å². The lowest BCUT2D eigenvalue weighted by molar-refractivity contribution is 0.187. The van der Waals surface area contributed by atoms with Gasteiger partial charge in [0.25, 0.3) is 0 Å². The molecule has 0 aliphatic rings. The van der Waals surface area contributed by atoms with E-state index in [1.807, 2.05) is 0 Å². The Kier molecular flexibility index (Phi) is 3.71. The third-order valence-corrected chi connectivity index (χ3v) is 1.72. The van der Waals surface area contributed by atoms with Gasteiger partial charge in [0.2, 0.25) is 0 Å². The molecular weight excluding hydrogens is 188 g/mol. The Bertz CT molecular complexity index is 319. The van der Waals surface area contributed by atoms with Gasteiger partial charge in [-0.2, -0.15) is 0 Å². The molecule has 1 N–H and O–H groups in total. The smallest absolute Gasteiger partial charge is 0.135 e. The van der Waals surface area contributed by atoms with E-state index in [0.717, 1.165) is 12.1 Å². The molecule has 0 spiro atoms. The molecule has 0 aliphatic carbocycles. The predicted molar refractivity (Wildman–Crippen MR) is 49.7 cm³/mol. The second-order valence-corrected chi connectivity index (χ2v) is 2.71. The Hall–Kier alpha value is -1.29. The minimum atomic E-state index is -0.727. The van der Waals surface area contributed by atoms with Gasteiger partial charge in [-0.05, 0) is 19.1 Å². The van der Waals surface area contributed by atoms with Gasteiger partial charge >= 0.3 is 0 Å². The molecule has 2 nitrogen and oxygen atoms in total. The van der Waals surface area contributed by atoms with Gasteiger partial charge in [0.15, 0.2) is 0 Å². The number of benzene rings is 1. The van der Waals surface area contributed by atoms with Crippen LogP contribution in [0, 0.1) is 17.0 Å². The van der Waals surface area contributed by atoms with E-state index in [9.17, 15) is 8.78 Å². The first-order chi connectivity index (χ1) is 6.66. The van der Waals surface area contributed by atoms with Crippen molar-refractivity contribution in [2.24, 2.45) is 0 Å². The van der Waals surface area contributed by atoms with E-state index in [0.29, 0.717) is 6.61 Å². The summed E-state index contributed by atoms with van der Waals surface area (Å²) in [6, 6.07) is 3.51. The van der Waals surface area contributed by atoms with Crippen LogP contribution in [0.3, 0.4) is 0 Å². The van der Waals surface area contributed by atoms with Gasteiger partial charge in [-0.15, -0.1) is 0 Å². The van der Waals surface area contributed by atoms with E-state index >= 15 is 0 Å². The molecule has 0 saturated carbocycles. The van der Waals surface area contributed by atoms with Gasteiger partial charge in [-0.1, -0.05) is 6.07 Å². The molecule has 0 saturated heterocycles. The molecule has 1 aromatic carbocycles. The summed E-state index contributed by atoms with van der Waals surface area (Å²) in [5.41, 5.74) is -0.483. The average molecular weight is 199 g/mol. The molecule has 14 heavy (non-hydrogen) atoms. The Balaban J connectivity index is 2.89. The van der Waals surface area contributed by atoms with Crippen LogP contribution in [-0.2, 0) is 4.74 Å². The van der Waals surface area contributed by atoms with Crippen molar-refractivity contribution < 1.29 is 13.5 Å². The van der Waals surface area contributed by atoms with Crippen molar-refractivity contribution in [1.29, 1.82) is 5.41 Å². The monoisotopic (exact) mass is 199 g/mol. The number of hydrogen-bond donors (Lipinski definition) is 1. The maximum atomic E-state index is 13.1. The molecule has 0 fully saturated rings. The van der Waals surface area contributed by atoms with Crippen LogP contribution in [0.15, 0.2) is 18.2 Å². The number of halogens is 2. The molecule has 76 valence electrons. The first-order valence-electron chi connectivity index (χ1n) is 4.26. The van der Waals surface area contributed by atoms with Gasteiger partial charge in [0.05, 0.1) is 17.9 Å². The van der Waals surface area contributed by atoms with Crippen molar-refractivity contribution in [3.05, 3.63) is 35.4 Å². The predicted octanol–water partition coefficient (Wildman–Crippen LogP) is 2.37. The van der Waals surface area contributed by atoms with E-state index < -0.39 is 11.6 Å². The second-order valence-electron chi connectivity index (χ2n) is 2.71. The summed E-state index contributed by atoms with van der Waals surface area (Å²) < 4.78 is 31.1. The van der Waals surface area contributed by atoms with Crippen LogP contribution in [0.25, 0.3) is 0 Å². The molecule has 4 heteroatoms. The fraction of sp³-hybridized carbons (Fsp3) is 0.300. The van der Waals surface area contributed by atoms with Crippen molar-refractivity contribution in [3.8, 4) is 0 Å². The highest BCUT2D eigenvalue weighted by atomic mass is 19.1. The third-order valence-electron chi connectivity index (χ3n) is 1.72. The molecule has 0 amide bonds. The first-order valence-corrected chi connectivity index (χ1v) is 4.26. The lowest BCUT2D eigenvalue weighted by Crippen LogP contribution is -2.13. The summed E-state index contributed by atoms with van der Waals surface area (Å²) in [6.07, 6.45) is 0. The van der Waals surface area contributed by atoms with Crippen molar-refractivity contribution in [2.75, 3.05) is 13.2 Å². The van der Waals surface area contributed by atoms with Crippen LogP contribution in [0.1, 0.15) is 12.5 Å². The number of nitrogens with one attached hydrogen (secondary N) is 1. The highest BCUT2D eigenvalue weighted by Gasteiger charge is 2.12. The van der Waals surface area contributed by atoms with Gasteiger partial charge in [0.1, 0.15) is 11.6 Å². The van der Waals surface area contributed by atoms with E-state index in [-0.39, 0.29) is 17.9 Å². The Labute approximate surface area is 81.0 Å². The molecule has 1 aromatic rings. The summed E-state index contributed by atoms with van der Waals surface area (Å²) in [7, 11) is 0. The van der Waals surface area contributed by atoms with Crippen LogP contribution in [0.5, 0.6) is 0 Å². The van der Waals surface area contributed by atoms with Crippen LogP contribution in [0.4, 0.5) is 8.78 Å². The summed E-state index contributed by atoms with van der Waals surface area (Å²) in [6.45, 7) is 2.10. The maximum Gasteiger partial charge on any atom is 0.135 e. The minimum Gasteiger partial charge on any atom is -0.375 e. The SMILES string of the molecule is CCOCC(=N)c1c(F)cccc1F. The Morgan fingerprint density at radius 1 is 1.36 bits per heavy atom. The highest BCUT2D eigenvalue weighted by Crippen LogP contribution is 2.12. The Morgan fingerprint density at radius 3 is 2.43 bits per heavy atom. The summed E-state index contributed by atoms with van der Waals surface area (Å²) in [4.78, 5) is 0. The largest absolute Gasteiger partial charge is 0.375 e. The topological polar surface area (TPSA) is 33.1 Å². The lowest BCUT2D eigenvalue weighted by atomic mass is 10.1. The van der Waals surface area contributed by atoms with Crippen LogP contribution < -0.4 is 0 Å². The average Bonchev–Trinajstić information content (AvgIpc) is 2.14. The molecular formula is C10H11F2NO. The second kappa shape index (κ2) is 4.81. The van der Waals surface area contributed by atoms with Crippen molar-refractivity contribution in [1.82, 2.24) is 0 Å². The van der Waals surface area contributed by atoms with Crippen molar-refractivity contribution in [3.63, 3.8) is 0 Å². The fourth-order valence-corrected chi connectivity index (χ4v) is 1.06. The van der Waals surface area contributed by atoms with Crippen LogP contribution in [-0.4, -0.2) is 18.9 Å². The summed E-state index contributed by atoms with van der Waals surface area (Å²) in [5, 5.41) is 7.41. The molecule has 0 atom stereocenters. The van der Waals surface area contributed by atoms with E-state index in [1.165, 1.54) is 6.07 Å². The van der Waals surface area contributed by atoms with E-state index in [4.69, 9.17) is 10.1 Å². The molecule has 0 bridgehead atoms. The zero-order valence-corrected chi connectivity index (χ0v) is 7.81. The van der Waals surface area contributed by atoms with Crippen LogP contribution >= 0.6 is 0 Å². The standard InChI is InChI=1S/C10H11F2NO/c1-2-14-6-9(13)10-7(11)4-3-5-8(10)12/h3-5,13H,2,6H2,1H3. The van der Waals surface area contributed by atoms with Crippen LogP contribution in [0.2, 0.25) is 0 Å². The van der Waals surface area contributed by atoms with Gasteiger partial charge < -0.3 is 10.1 Å². The highest BCUT2D eigenvalue weighted by molar-refractivity contribution is 5.99. The third kappa shape index (κ3) is 2.35. The van der Waals surface area contributed by atoms with Gasteiger partial charge in [0, 0.05) is 6.61 Å². The number of ether oxygens (including phenoxy) is 1. The Morgan fingerprint density at radius 2 is 1.93 bits per heavy atom. The molecule has 1 rings (SSSR count). The van der Waals surface area contributed by atoms with Gasteiger partial charge in [-0.25, -0.2) is 8.78 Å². The maximum absolute atomic E-state index is 13.1. The normalized spacial score (nSPS) is 10.2. The molecule has 0 aliphatic heterocycles. The molecule has 0 unspecified atom stereocenters. The fourth-order valence-electron chi connectivity index (χ4n) is 1.06. The number of hydrogen-bond acceptors (Lipinski definition) is 2. The quantitative estimate of drug-likeness (QED) is 0.742. The zero-order valence-electron chi connectivity index (χ0n) is 7.81. The number of rotatable bonds is 4. The van der Waals surface area contributed by atoms with Gasteiger partial charge in [-0.3, -0.25) is 0 Å². The first kappa shape index (κ1) is 10.8.